The van der Waals surface area contributed by atoms with Crippen LogP contribution in [0.4, 0.5) is 11.4 Å². The van der Waals surface area contributed by atoms with E-state index in [1.54, 1.807) is 0 Å². The first-order valence-corrected chi connectivity index (χ1v) is 6.50. The maximum absolute atomic E-state index is 9.06. The van der Waals surface area contributed by atoms with Gasteiger partial charge in [0.15, 0.2) is 0 Å². The van der Waals surface area contributed by atoms with Crippen molar-refractivity contribution in [1.82, 2.24) is 0 Å². The molecule has 18 heavy (non-hydrogen) atoms. The highest BCUT2D eigenvalue weighted by molar-refractivity contribution is 5.53. The molecule has 0 atom stereocenters. The average Bonchev–Trinajstić information content (AvgIpc) is 2.36. The number of benzene rings is 1. The van der Waals surface area contributed by atoms with E-state index in [1.807, 2.05) is 38.1 Å². The molecule has 1 aromatic carbocycles. The predicted molar refractivity (Wildman–Crippen MR) is 77.4 cm³/mol. The van der Waals surface area contributed by atoms with Crippen LogP contribution in [0, 0.1) is 16.7 Å². The van der Waals surface area contributed by atoms with Crippen LogP contribution in [0.2, 0.25) is 0 Å². The number of anilines is 2. The van der Waals surface area contributed by atoms with Gasteiger partial charge in [-0.05, 0) is 51.0 Å². The summed E-state index contributed by atoms with van der Waals surface area (Å²) in [6, 6.07) is 10.3. The number of nitriles is 1. The van der Waals surface area contributed by atoms with Gasteiger partial charge in [-0.3, -0.25) is 0 Å². The van der Waals surface area contributed by atoms with Crippen LogP contribution in [0.5, 0.6) is 0 Å². The fraction of sp³-hybridized carbons (Fsp3) is 0.533. The maximum Gasteiger partial charge on any atom is 0.0684 e. The molecule has 0 saturated carbocycles. The van der Waals surface area contributed by atoms with Gasteiger partial charge in [-0.2, -0.15) is 5.26 Å². The van der Waals surface area contributed by atoms with Gasteiger partial charge in [0.25, 0.3) is 0 Å². The van der Waals surface area contributed by atoms with E-state index in [-0.39, 0.29) is 5.41 Å². The zero-order chi connectivity index (χ0) is 13.6. The summed E-state index contributed by atoms with van der Waals surface area (Å²) in [5.74, 6) is 0. The van der Waals surface area contributed by atoms with Gasteiger partial charge in [0.2, 0.25) is 0 Å². The zero-order valence-corrected chi connectivity index (χ0v) is 11.6. The van der Waals surface area contributed by atoms with Gasteiger partial charge in [-0.1, -0.05) is 6.92 Å². The van der Waals surface area contributed by atoms with Crippen molar-refractivity contribution < 1.29 is 0 Å². The van der Waals surface area contributed by atoms with E-state index in [0.717, 1.165) is 31.6 Å². The number of nitrogens with two attached hydrogens (primary N) is 1. The average molecular weight is 245 g/mol. The molecule has 1 rings (SSSR count). The molecule has 0 aliphatic rings. The zero-order valence-electron chi connectivity index (χ0n) is 11.6. The second-order valence-electron chi connectivity index (χ2n) is 5.32. The molecular formula is C15H23N3. The second-order valence-corrected chi connectivity index (χ2v) is 5.32. The van der Waals surface area contributed by atoms with Crippen molar-refractivity contribution in [3.8, 4) is 6.07 Å². The van der Waals surface area contributed by atoms with Crippen LogP contribution >= 0.6 is 0 Å². The number of nitrogen functional groups attached to an aromatic ring is 1. The number of hydrogen-bond acceptors (Lipinski definition) is 3. The Morgan fingerprint density at radius 1 is 1.22 bits per heavy atom. The van der Waals surface area contributed by atoms with E-state index in [4.69, 9.17) is 11.0 Å². The third-order valence-corrected chi connectivity index (χ3v) is 3.06. The van der Waals surface area contributed by atoms with Crippen LogP contribution in [0.3, 0.4) is 0 Å². The number of hydrogen-bond donors (Lipinski definition) is 1. The quantitative estimate of drug-likeness (QED) is 0.781. The van der Waals surface area contributed by atoms with E-state index in [1.165, 1.54) is 5.69 Å². The normalized spacial score (nSPS) is 11.0. The Hall–Kier alpha value is -1.69. The van der Waals surface area contributed by atoms with E-state index in [0.29, 0.717) is 0 Å². The van der Waals surface area contributed by atoms with Crippen molar-refractivity contribution in [2.45, 2.75) is 33.6 Å². The van der Waals surface area contributed by atoms with E-state index < -0.39 is 0 Å². The fourth-order valence-corrected chi connectivity index (χ4v) is 1.80. The Balaban J connectivity index is 2.71. The van der Waals surface area contributed by atoms with Gasteiger partial charge in [0, 0.05) is 24.5 Å². The predicted octanol–water partition coefficient (Wildman–Crippen LogP) is 3.43. The van der Waals surface area contributed by atoms with E-state index in [2.05, 4.69) is 17.9 Å². The lowest BCUT2D eigenvalue weighted by molar-refractivity contribution is 0.450. The monoisotopic (exact) mass is 245 g/mol. The molecule has 3 heteroatoms. The van der Waals surface area contributed by atoms with Gasteiger partial charge in [-0.25, -0.2) is 0 Å². The molecule has 0 amide bonds. The highest BCUT2D eigenvalue weighted by atomic mass is 15.1. The molecule has 0 aliphatic carbocycles. The van der Waals surface area contributed by atoms with Gasteiger partial charge < -0.3 is 10.6 Å². The van der Waals surface area contributed by atoms with E-state index in [9.17, 15) is 0 Å². The molecule has 0 spiro atoms. The third-order valence-electron chi connectivity index (χ3n) is 3.06. The minimum absolute atomic E-state index is 0.264. The molecule has 0 bridgehead atoms. The summed E-state index contributed by atoms with van der Waals surface area (Å²) in [5, 5.41) is 9.06. The Bertz CT molecular complexity index is 401. The van der Waals surface area contributed by atoms with Crippen molar-refractivity contribution in [1.29, 1.82) is 5.26 Å². The summed E-state index contributed by atoms with van der Waals surface area (Å²) in [5.41, 5.74) is 7.40. The first-order chi connectivity index (χ1) is 8.48. The van der Waals surface area contributed by atoms with Gasteiger partial charge >= 0.3 is 0 Å². The van der Waals surface area contributed by atoms with Crippen LogP contribution < -0.4 is 10.6 Å². The standard InChI is InChI=1S/C15H23N3/c1-4-10-18(11-9-15(2,3)12-16)14-7-5-13(17)6-8-14/h5-8H,4,9-11,17H2,1-3H3. The van der Waals surface area contributed by atoms with Crippen molar-refractivity contribution in [2.75, 3.05) is 23.7 Å². The van der Waals surface area contributed by atoms with Crippen LogP contribution in [0.25, 0.3) is 0 Å². The Morgan fingerprint density at radius 3 is 2.33 bits per heavy atom. The van der Waals surface area contributed by atoms with Crippen molar-refractivity contribution >= 4 is 11.4 Å². The Morgan fingerprint density at radius 2 is 1.83 bits per heavy atom. The molecule has 0 aromatic heterocycles. The SMILES string of the molecule is CCCN(CCC(C)(C)C#N)c1ccc(N)cc1. The molecule has 1 aromatic rings. The summed E-state index contributed by atoms with van der Waals surface area (Å²) in [6.45, 7) is 8.05. The van der Waals surface area contributed by atoms with Gasteiger partial charge in [-0.15, -0.1) is 0 Å². The van der Waals surface area contributed by atoms with Gasteiger partial charge in [0.05, 0.1) is 11.5 Å². The smallest absolute Gasteiger partial charge is 0.0684 e. The molecule has 0 aliphatic heterocycles. The maximum atomic E-state index is 9.06. The summed E-state index contributed by atoms with van der Waals surface area (Å²) >= 11 is 0. The van der Waals surface area contributed by atoms with Crippen molar-refractivity contribution in [2.24, 2.45) is 5.41 Å². The number of nitrogens with zero attached hydrogens (tertiary/aromatic N) is 2. The molecular weight excluding hydrogens is 222 g/mol. The Kier molecular flexibility index (Phi) is 5.03. The lowest BCUT2D eigenvalue weighted by atomic mass is 9.91. The molecule has 2 N–H and O–H groups in total. The summed E-state index contributed by atoms with van der Waals surface area (Å²) in [6.07, 6.45) is 1.96. The van der Waals surface area contributed by atoms with Gasteiger partial charge in [0.1, 0.15) is 0 Å². The lowest BCUT2D eigenvalue weighted by Gasteiger charge is -2.27. The fourth-order valence-electron chi connectivity index (χ4n) is 1.80. The van der Waals surface area contributed by atoms with Crippen LogP contribution in [-0.2, 0) is 0 Å². The molecule has 0 radical (unpaired) electrons. The topological polar surface area (TPSA) is 53.0 Å². The van der Waals surface area contributed by atoms with Crippen LogP contribution in [0.15, 0.2) is 24.3 Å². The molecule has 0 fully saturated rings. The van der Waals surface area contributed by atoms with Crippen molar-refractivity contribution in [3.63, 3.8) is 0 Å². The largest absolute Gasteiger partial charge is 0.399 e. The van der Waals surface area contributed by atoms with Crippen LogP contribution in [0.1, 0.15) is 33.6 Å². The third kappa shape index (κ3) is 4.29. The summed E-state index contributed by atoms with van der Waals surface area (Å²) < 4.78 is 0. The Labute approximate surface area is 110 Å². The lowest BCUT2D eigenvalue weighted by Crippen LogP contribution is -2.28. The highest BCUT2D eigenvalue weighted by Gasteiger charge is 2.18. The highest BCUT2D eigenvalue weighted by Crippen LogP contribution is 2.22. The number of rotatable bonds is 6. The summed E-state index contributed by atoms with van der Waals surface area (Å²) in [4.78, 5) is 2.32. The first kappa shape index (κ1) is 14.4. The van der Waals surface area contributed by atoms with Crippen molar-refractivity contribution in [3.05, 3.63) is 24.3 Å². The molecule has 98 valence electrons. The minimum atomic E-state index is -0.264. The van der Waals surface area contributed by atoms with E-state index >= 15 is 0 Å². The molecule has 0 saturated heterocycles. The molecule has 0 heterocycles. The molecule has 0 unspecified atom stereocenters. The molecule has 3 nitrogen and oxygen atoms in total. The van der Waals surface area contributed by atoms with Crippen LogP contribution in [-0.4, -0.2) is 13.1 Å². The summed E-state index contributed by atoms with van der Waals surface area (Å²) in [7, 11) is 0. The second kappa shape index (κ2) is 6.30. The minimum Gasteiger partial charge on any atom is -0.399 e. The first-order valence-electron chi connectivity index (χ1n) is 6.50.